The van der Waals surface area contributed by atoms with Gasteiger partial charge >= 0.3 is 0 Å². The zero-order valence-corrected chi connectivity index (χ0v) is 17.6. The number of allylic oxidation sites excluding steroid dienone is 8. The van der Waals surface area contributed by atoms with Gasteiger partial charge in [-0.2, -0.15) is 0 Å². The molecule has 0 bridgehead atoms. The lowest BCUT2D eigenvalue weighted by molar-refractivity contribution is 0.334. The monoisotopic (exact) mass is 366 g/mol. The van der Waals surface area contributed by atoms with Crippen molar-refractivity contribution in [1.29, 1.82) is 0 Å². The maximum absolute atomic E-state index is 4.24. The molecule has 2 aliphatic rings. The van der Waals surface area contributed by atoms with Crippen molar-refractivity contribution in [3.63, 3.8) is 0 Å². The third-order valence-corrected chi connectivity index (χ3v) is 5.81. The number of hydrogen-bond donors (Lipinski definition) is 1. The molecule has 0 radical (unpaired) electrons. The third kappa shape index (κ3) is 6.39. The van der Waals surface area contributed by atoms with Gasteiger partial charge < -0.3 is 10.2 Å². The van der Waals surface area contributed by atoms with Crippen molar-refractivity contribution in [2.24, 2.45) is 0 Å². The average molecular weight is 367 g/mol. The molecule has 27 heavy (non-hydrogen) atoms. The Morgan fingerprint density at radius 3 is 2.41 bits per heavy atom. The van der Waals surface area contributed by atoms with Crippen LogP contribution in [0, 0.1) is 0 Å². The predicted molar refractivity (Wildman–Crippen MR) is 120 cm³/mol. The minimum atomic E-state index is 0.945. The van der Waals surface area contributed by atoms with Crippen LogP contribution in [-0.2, 0) is 0 Å². The summed E-state index contributed by atoms with van der Waals surface area (Å²) in [5.74, 6) is 0. The highest BCUT2D eigenvalue weighted by atomic mass is 15.1. The maximum Gasteiger partial charge on any atom is 0.0180 e. The molecule has 1 heterocycles. The summed E-state index contributed by atoms with van der Waals surface area (Å²) in [7, 11) is 2.03. The Morgan fingerprint density at radius 2 is 1.85 bits per heavy atom. The molecule has 0 atom stereocenters. The van der Waals surface area contributed by atoms with Gasteiger partial charge in [-0.05, 0) is 88.2 Å². The third-order valence-electron chi connectivity index (χ3n) is 5.81. The highest BCUT2D eigenvalue weighted by Gasteiger charge is 2.16. The summed E-state index contributed by atoms with van der Waals surface area (Å²) in [5.41, 5.74) is 7.94. The molecular weight excluding hydrogens is 328 g/mol. The number of rotatable bonds is 10. The van der Waals surface area contributed by atoms with Crippen LogP contribution in [0.4, 0.5) is 0 Å². The molecule has 0 aromatic carbocycles. The molecule has 0 unspecified atom stereocenters. The summed E-state index contributed by atoms with van der Waals surface area (Å²) in [4.78, 5) is 2.58. The molecular formula is C25H38N2. The molecule has 0 aromatic rings. The molecule has 1 saturated heterocycles. The van der Waals surface area contributed by atoms with E-state index in [2.05, 4.69) is 43.0 Å². The summed E-state index contributed by atoms with van der Waals surface area (Å²) in [6.45, 7) is 18.3. The molecule has 1 aliphatic heterocycles. The van der Waals surface area contributed by atoms with Crippen LogP contribution in [0.2, 0.25) is 0 Å². The average Bonchev–Trinajstić information content (AvgIpc) is 3.33. The van der Waals surface area contributed by atoms with E-state index in [0.29, 0.717) is 0 Å². The number of hydrogen-bond acceptors (Lipinski definition) is 2. The van der Waals surface area contributed by atoms with Crippen molar-refractivity contribution in [2.45, 2.75) is 58.3 Å². The van der Waals surface area contributed by atoms with Gasteiger partial charge in [0.1, 0.15) is 0 Å². The fourth-order valence-electron chi connectivity index (χ4n) is 4.26. The van der Waals surface area contributed by atoms with Crippen molar-refractivity contribution < 1.29 is 0 Å². The van der Waals surface area contributed by atoms with Crippen LogP contribution in [-0.4, -0.2) is 31.6 Å². The van der Waals surface area contributed by atoms with Crippen molar-refractivity contribution in [3.05, 3.63) is 71.5 Å². The zero-order chi connectivity index (χ0) is 19.6. The van der Waals surface area contributed by atoms with Gasteiger partial charge in [-0.1, -0.05) is 49.1 Å². The minimum absolute atomic E-state index is 0.945. The lowest BCUT2D eigenvalue weighted by Crippen LogP contribution is -2.20. The smallest absolute Gasteiger partial charge is 0.0180 e. The van der Waals surface area contributed by atoms with Gasteiger partial charge in [0.15, 0.2) is 0 Å². The van der Waals surface area contributed by atoms with E-state index in [1.807, 2.05) is 19.2 Å². The Balaban J connectivity index is 2.05. The first-order valence-electron chi connectivity index (χ1n) is 10.5. The van der Waals surface area contributed by atoms with Crippen LogP contribution in [0.15, 0.2) is 71.5 Å². The van der Waals surface area contributed by atoms with Crippen LogP contribution in [0.1, 0.15) is 58.3 Å². The van der Waals surface area contributed by atoms with Gasteiger partial charge in [0.25, 0.3) is 0 Å². The molecule has 2 fully saturated rings. The summed E-state index contributed by atoms with van der Waals surface area (Å²) >= 11 is 0. The first-order chi connectivity index (χ1) is 13.1. The Hall–Kier alpha value is -1.80. The van der Waals surface area contributed by atoms with Gasteiger partial charge in [0.2, 0.25) is 0 Å². The molecule has 0 amide bonds. The first-order valence-corrected chi connectivity index (χ1v) is 10.5. The SMILES string of the molecule is C=CC(/C=C(/C)C/C(NC)=C1/CCCC1=C)=C(/C=C)CCCN1CCCC1. The summed E-state index contributed by atoms with van der Waals surface area (Å²) < 4.78 is 0. The number of nitrogens with one attached hydrogen (secondary N) is 1. The molecule has 1 saturated carbocycles. The number of nitrogens with zero attached hydrogens (tertiary/aromatic N) is 1. The second-order valence-electron chi connectivity index (χ2n) is 7.87. The number of likely N-dealkylation sites (tertiary alicyclic amines) is 1. The maximum atomic E-state index is 4.24. The molecule has 2 nitrogen and oxygen atoms in total. The highest BCUT2D eigenvalue weighted by molar-refractivity contribution is 5.43. The van der Waals surface area contributed by atoms with Crippen molar-refractivity contribution in [3.8, 4) is 0 Å². The molecule has 1 N–H and O–H groups in total. The quantitative estimate of drug-likeness (QED) is 0.471. The van der Waals surface area contributed by atoms with Gasteiger partial charge in [-0.15, -0.1) is 0 Å². The van der Waals surface area contributed by atoms with E-state index >= 15 is 0 Å². The molecule has 148 valence electrons. The van der Waals surface area contributed by atoms with E-state index in [4.69, 9.17) is 0 Å². The predicted octanol–water partition coefficient (Wildman–Crippen LogP) is 6.08. The zero-order valence-electron chi connectivity index (χ0n) is 17.6. The van der Waals surface area contributed by atoms with E-state index in [1.165, 1.54) is 78.9 Å². The first kappa shape index (κ1) is 21.5. The largest absolute Gasteiger partial charge is 0.391 e. The second kappa shape index (κ2) is 11.1. The minimum Gasteiger partial charge on any atom is -0.391 e. The van der Waals surface area contributed by atoms with Gasteiger partial charge in [0, 0.05) is 19.2 Å². The Labute approximate surface area is 167 Å². The molecule has 0 aromatic heterocycles. The van der Waals surface area contributed by atoms with E-state index in [0.717, 1.165) is 25.7 Å². The van der Waals surface area contributed by atoms with Crippen LogP contribution in [0.5, 0.6) is 0 Å². The second-order valence-corrected chi connectivity index (χ2v) is 7.87. The van der Waals surface area contributed by atoms with E-state index in [-0.39, 0.29) is 0 Å². The summed E-state index contributed by atoms with van der Waals surface area (Å²) in [5, 5.41) is 3.42. The normalized spacial score (nSPS) is 21.3. The Bertz CT molecular complexity index is 639. The van der Waals surface area contributed by atoms with Crippen LogP contribution in [0.3, 0.4) is 0 Å². The van der Waals surface area contributed by atoms with Gasteiger partial charge in [0.05, 0.1) is 0 Å². The van der Waals surface area contributed by atoms with Gasteiger partial charge in [-0.3, -0.25) is 0 Å². The topological polar surface area (TPSA) is 15.3 Å². The van der Waals surface area contributed by atoms with Crippen molar-refractivity contribution in [1.82, 2.24) is 10.2 Å². The lowest BCUT2D eigenvalue weighted by Gasteiger charge is -2.15. The van der Waals surface area contributed by atoms with Crippen molar-refractivity contribution in [2.75, 3.05) is 26.7 Å². The van der Waals surface area contributed by atoms with E-state index in [9.17, 15) is 0 Å². The summed E-state index contributed by atoms with van der Waals surface area (Å²) in [6.07, 6.45) is 15.7. The standard InChI is InChI=1S/C25H38N2/c1-6-22(13-11-17-27-15-8-9-16-27)23(7-2)18-20(3)19-25(26-5)24-14-10-12-21(24)4/h6-7,18,26H,1-2,4,8-17,19H2,3,5H3/b20-18-,23-22+,25-24+. The molecule has 1 aliphatic carbocycles. The van der Waals surface area contributed by atoms with Crippen LogP contribution < -0.4 is 5.32 Å². The van der Waals surface area contributed by atoms with E-state index < -0.39 is 0 Å². The molecule has 2 heteroatoms. The molecule has 0 spiro atoms. The summed E-state index contributed by atoms with van der Waals surface area (Å²) in [6, 6.07) is 0. The fourth-order valence-corrected chi connectivity index (χ4v) is 4.26. The highest BCUT2D eigenvalue weighted by Crippen LogP contribution is 2.32. The lowest BCUT2D eigenvalue weighted by atomic mass is 9.98. The fraction of sp³-hybridized carbons (Fsp3) is 0.520. The van der Waals surface area contributed by atoms with Crippen LogP contribution >= 0.6 is 0 Å². The Morgan fingerprint density at radius 1 is 1.11 bits per heavy atom. The van der Waals surface area contributed by atoms with Crippen LogP contribution in [0.25, 0.3) is 0 Å². The van der Waals surface area contributed by atoms with Crippen molar-refractivity contribution >= 4 is 0 Å². The molecule has 2 rings (SSSR count). The Kier molecular flexibility index (Phi) is 8.87. The van der Waals surface area contributed by atoms with Gasteiger partial charge in [-0.25, -0.2) is 0 Å². The van der Waals surface area contributed by atoms with E-state index in [1.54, 1.807) is 0 Å².